The van der Waals surface area contributed by atoms with Gasteiger partial charge < -0.3 is 15.8 Å². The highest BCUT2D eigenvalue weighted by Gasteiger charge is 2.17. The fourth-order valence-electron chi connectivity index (χ4n) is 3.42. The van der Waals surface area contributed by atoms with E-state index in [1.165, 1.54) is 4.57 Å². The number of carbonyl (C=O) groups is 1. The molecule has 3 N–H and O–H groups in total. The lowest BCUT2D eigenvalue weighted by atomic mass is 9.98. The number of methoxy groups -OCH3 is 1. The SMILES string of the molecule is CCCCC(=O)Nc1ccc2c(-c3ccccc3)c(N)n(CCOC)c(=O)c2c1. The Bertz CT molecular complexity index is 1060. The van der Waals surface area contributed by atoms with Crippen molar-refractivity contribution < 1.29 is 9.53 Å². The maximum absolute atomic E-state index is 13.2. The number of rotatable bonds is 8. The van der Waals surface area contributed by atoms with Crippen molar-refractivity contribution in [3.8, 4) is 11.1 Å². The van der Waals surface area contributed by atoms with Crippen LogP contribution in [0, 0.1) is 0 Å². The number of nitrogens with two attached hydrogens (primary N) is 1. The van der Waals surface area contributed by atoms with Gasteiger partial charge in [-0.1, -0.05) is 49.7 Å². The molecule has 3 rings (SSSR count). The van der Waals surface area contributed by atoms with Gasteiger partial charge in [0.25, 0.3) is 5.56 Å². The van der Waals surface area contributed by atoms with E-state index in [2.05, 4.69) is 5.32 Å². The molecule has 0 saturated heterocycles. The number of amides is 1. The number of anilines is 2. The lowest BCUT2D eigenvalue weighted by Gasteiger charge is -2.17. The molecule has 152 valence electrons. The molecule has 2 aromatic carbocycles. The summed E-state index contributed by atoms with van der Waals surface area (Å²) in [7, 11) is 1.59. The second-order valence-corrected chi connectivity index (χ2v) is 6.99. The normalized spacial score (nSPS) is 11.0. The van der Waals surface area contributed by atoms with Crippen LogP contribution >= 0.6 is 0 Å². The minimum Gasteiger partial charge on any atom is -0.384 e. The van der Waals surface area contributed by atoms with Gasteiger partial charge in [0, 0.05) is 30.2 Å². The van der Waals surface area contributed by atoms with E-state index in [4.69, 9.17) is 10.5 Å². The molecule has 6 nitrogen and oxygen atoms in total. The van der Waals surface area contributed by atoms with Gasteiger partial charge in [0.15, 0.2) is 0 Å². The number of nitrogens with zero attached hydrogens (tertiary/aromatic N) is 1. The van der Waals surface area contributed by atoms with E-state index in [0.29, 0.717) is 36.5 Å². The molecule has 0 aliphatic carbocycles. The molecule has 3 aromatic rings. The summed E-state index contributed by atoms with van der Waals surface area (Å²) in [5.41, 5.74) is 8.59. The summed E-state index contributed by atoms with van der Waals surface area (Å²) in [5, 5.41) is 4.17. The molecule has 1 amide bonds. The largest absolute Gasteiger partial charge is 0.384 e. The fraction of sp³-hybridized carbons (Fsp3) is 0.304. The van der Waals surface area contributed by atoms with Gasteiger partial charge in [0.05, 0.1) is 13.2 Å². The third-order valence-electron chi connectivity index (χ3n) is 4.93. The van der Waals surface area contributed by atoms with Gasteiger partial charge in [-0.05, 0) is 29.5 Å². The van der Waals surface area contributed by atoms with Crippen LogP contribution in [0.3, 0.4) is 0 Å². The van der Waals surface area contributed by atoms with Gasteiger partial charge in [-0.3, -0.25) is 14.2 Å². The average molecular weight is 393 g/mol. The van der Waals surface area contributed by atoms with Crippen molar-refractivity contribution in [1.82, 2.24) is 4.57 Å². The van der Waals surface area contributed by atoms with Crippen molar-refractivity contribution >= 4 is 28.2 Å². The molecular weight excluding hydrogens is 366 g/mol. The van der Waals surface area contributed by atoms with Crippen LogP contribution in [0.25, 0.3) is 21.9 Å². The average Bonchev–Trinajstić information content (AvgIpc) is 2.73. The Morgan fingerprint density at radius 1 is 1.14 bits per heavy atom. The van der Waals surface area contributed by atoms with E-state index < -0.39 is 0 Å². The van der Waals surface area contributed by atoms with Gasteiger partial charge in [-0.25, -0.2) is 0 Å². The van der Waals surface area contributed by atoms with Crippen LogP contribution in [0.4, 0.5) is 11.5 Å². The molecule has 0 aliphatic rings. The third kappa shape index (κ3) is 4.49. The molecule has 29 heavy (non-hydrogen) atoms. The number of hydrogen-bond acceptors (Lipinski definition) is 4. The van der Waals surface area contributed by atoms with E-state index in [0.717, 1.165) is 29.4 Å². The number of aromatic nitrogens is 1. The Morgan fingerprint density at radius 2 is 1.90 bits per heavy atom. The van der Waals surface area contributed by atoms with Crippen molar-refractivity contribution in [2.45, 2.75) is 32.7 Å². The molecule has 0 bridgehead atoms. The number of ether oxygens (including phenoxy) is 1. The Hall–Kier alpha value is -3.12. The zero-order chi connectivity index (χ0) is 20.8. The molecule has 6 heteroatoms. The highest BCUT2D eigenvalue weighted by molar-refractivity contribution is 6.03. The molecule has 0 radical (unpaired) electrons. The fourth-order valence-corrected chi connectivity index (χ4v) is 3.42. The summed E-state index contributed by atoms with van der Waals surface area (Å²) in [5.74, 6) is 0.357. The Labute approximate surface area is 170 Å². The molecule has 0 aliphatic heterocycles. The van der Waals surface area contributed by atoms with Crippen LogP contribution in [0.1, 0.15) is 26.2 Å². The summed E-state index contributed by atoms with van der Waals surface area (Å²) in [6, 6.07) is 15.2. The van der Waals surface area contributed by atoms with Gasteiger partial charge in [-0.2, -0.15) is 0 Å². The molecule has 0 unspecified atom stereocenters. The number of fused-ring (bicyclic) bond motifs is 1. The maximum atomic E-state index is 13.2. The smallest absolute Gasteiger partial charge is 0.260 e. The monoisotopic (exact) mass is 393 g/mol. The number of nitrogens with one attached hydrogen (secondary N) is 1. The summed E-state index contributed by atoms with van der Waals surface area (Å²) >= 11 is 0. The Morgan fingerprint density at radius 3 is 2.59 bits per heavy atom. The Balaban J connectivity index is 2.16. The van der Waals surface area contributed by atoms with E-state index >= 15 is 0 Å². The summed E-state index contributed by atoms with van der Waals surface area (Å²) in [6.45, 7) is 2.77. The van der Waals surface area contributed by atoms with E-state index in [9.17, 15) is 9.59 Å². The zero-order valence-electron chi connectivity index (χ0n) is 16.9. The summed E-state index contributed by atoms with van der Waals surface area (Å²) in [4.78, 5) is 25.3. The highest BCUT2D eigenvalue weighted by Crippen LogP contribution is 2.33. The molecular formula is C23H27N3O3. The van der Waals surface area contributed by atoms with Crippen molar-refractivity contribution in [3.05, 3.63) is 58.9 Å². The first-order valence-corrected chi connectivity index (χ1v) is 9.87. The van der Waals surface area contributed by atoms with Crippen molar-refractivity contribution in [2.24, 2.45) is 0 Å². The van der Waals surface area contributed by atoms with Gasteiger partial charge in [0.2, 0.25) is 5.91 Å². The van der Waals surface area contributed by atoms with Crippen molar-refractivity contribution in [3.63, 3.8) is 0 Å². The number of unbranched alkanes of at least 4 members (excludes halogenated alkanes) is 1. The predicted molar refractivity (Wildman–Crippen MR) is 118 cm³/mol. The molecule has 0 atom stereocenters. The van der Waals surface area contributed by atoms with E-state index in [1.54, 1.807) is 13.2 Å². The number of carbonyl (C=O) groups excluding carboxylic acids is 1. The number of hydrogen-bond donors (Lipinski definition) is 2. The van der Waals surface area contributed by atoms with Crippen molar-refractivity contribution in [1.29, 1.82) is 0 Å². The van der Waals surface area contributed by atoms with Crippen LogP contribution in [-0.4, -0.2) is 24.2 Å². The summed E-state index contributed by atoms with van der Waals surface area (Å²) in [6.07, 6.45) is 2.25. The van der Waals surface area contributed by atoms with Gasteiger partial charge >= 0.3 is 0 Å². The number of benzene rings is 2. The zero-order valence-corrected chi connectivity index (χ0v) is 16.9. The lowest BCUT2D eigenvalue weighted by molar-refractivity contribution is -0.116. The molecule has 0 spiro atoms. The van der Waals surface area contributed by atoms with Crippen LogP contribution in [0.15, 0.2) is 53.3 Å². The van der Waals surface area contributed by atoms with Crippen LogP contribution in [0.2, 0.25) is 0 Å². The first kappa shape index (κ1) is 20.6. The summed E-state index contributed by atoms with van der Waals surface area (Å²) < 4.78 is 6.69. The van der Waals surface area contributed by atoms with E-state index in [-0.39, 0.29) is 11.5 Å². The van der Waals surface area contributed by atoms with E-state index in [1.807, 2.05) is 49.4 Å². The standard InChI is InChI=1S/C23H27N3O3/c1-3-4-10-20(27)25-17-11-12-18-19(15-17)23(28)26(13-14-29-2)22(24)21(18)16-8-6-5-7-9-16/h5-9,11-12,15H,3-4,10,13-14,24H2,1-2H3,(H,25,27). The third-order valence-corrected chi connectivity index (χ3v) is 4.93. The molecule has 0 saturated carbocycles. The first-order valence-electron chi connectivity index (χ1n) is 9.87. The van der Waals surface area contributed by atoms with Crippen LogP contribution < -0.4 is 16.6 Å². The Kier molecular flexibility index (Phi) is 6.67. The second kappa shape index (κ2) is 9.39. The first-order chi connectivity index (χ1) is 14.1. The second-order valence-electron chi connectivity index (χ2n) is 6.99. The number of nitrogen functional groups attached to an aromatic ring is 1. The van der Waals surface area contributed by atoms with Crippen LogP contribution in [0.5, 0.6) is 0 Å². The van der Waals surface area contributed by atoms with Crippen LogP contribution in [-0.2, 0) is 16.1 Å². The topological polar surface area (TPSA) is 86.3 Å². The van der Waals surface area contributed by atoms with Gasteiger partial charge in [0.1, 0.15) is 5.82 Å². The van der Waals surface area contributed by atoms with Gasteiger partial charge in [-0.15, -0.1) is 0 Å². The molecule has 1 heterocycles. The maximum Gasteiger partial charge on any atom is 0.260 e. The quantitative estimate of drug-likeness (QED) is 0.605. The minimum absolute atomic E-state index is 0.0513. The lowest BCUT2D eigenvalue weighted by Crippen LogP contribution is -2.26. The minimum atomic E-state index is -0.195. The molecule has 1 aromatic heterocycles. The highest BCUT2D eigenvalue weighted by atomic mass is 16.5. The predicted octanol–water partition coefficient (Wildman–Crippen LogP) is 4.03. The molecule has 0 fully saturated rings. The number of pyridine rings is 1. The van der Waals surface area contributed by atoms with Crippen molar-refractivity contribution in [2.75, 3.05) is 24.8 Å².